The number of carbonyl (C=O) groups is 1. The van der Waals surface area contributed by atoms with Crippen LogP contribution in [0, 0.1) is 0 Å². The summed E-state index contributed by atoms with van der Waals surface area (Å²) in [5.41, 5.74) is 4.47. The molecular formula is C2H7BNO3. The highest BCUT2D eigenvalue weighted by Crippen LogP contribution is 1.33. The maximum atomic E-state index is 9.22. The van der Waals surface area contributed by atoms with E-state index in [4.69, 9.17) is 10.0 Å². The number of amides is 1. The first-order valence-corrected chi connectivity index (χ1v) is 1.51. The summed E-state index contributed by atoms with van der Waals surface area (Å²) in [6.07, 6.45) is 0. The summed E-state index contributed by atoms with van der Waals surface area (Å²) < 4.78 is 0. The average Bonchev–Trinajstić information content (AvgIpc) is 1.33. The van der Waals surface area contributed by atoms with E-state index in [9.17, 15) is 4.79 Å². The fraction of sp³-hybridized carbons (Fsp3) is 0.500. The first kappa shape index (κ1) is 9.68. The Morgan fingerprint density at radius 3 is 1.71 bits per heavy atom. The standard InChI is InChI=1S/C2H5NO.BH2O2/c1-2(3)4;2-1-3/h1H3,(H2,3,4);2-3H. The van der Waals surface area contributed by atoms with Gasteiger partial charge in [0.2, 0.25) is 5.91 Å². The topological polar surface area (TPSA) is 83.6 Å². The summed E-state index contributed by atoms with van der Waals surface area (Å²) in [7, 11) is 0. The van der Waals surface area contributed by atoms with Gasteiger partial charge in [-0.3, -0.25) is 4.79 Å². The van der Waals surface area contributed by atoms with Crippen LogP contribution in [0.2, 0.25) is 0 Å². The van der Waals surface area contributed by atoms with Crippen molar-refractivity contribution < 1.29 is 14.8 Å². The van der Waals surface area contributed by atoms with Crippen LogP contribution in [0.3, 0.4) is 0 Å². The molecule has 0 saturated heterocycles. The molecule has 5 heteroatoms. The number of carbonyl (C=O) groups excluding carboxylic acids is 1. The van der Waals surface area contributed by atoms with Gasteiger partial charge in [0.05, 0.1) is 0 Å². The monoisotopic (exact) mass is 104 g/mol. The molecule has 41 valence electrons. The quantitative estimate of drug-likeness (QED) is 0.310. The summed E-state index contributed by atoms with van der Waals surface area (Å²) in [5, 5.41) is 14.0. The second kappa shape index (κ2) is 9.07. The highest BCUT2D eigenvalue weighted by atomic mass is 16.4. The van der Waals surface area contributed by atoms with E-state index in [1.165, 1.54) is 6.92 Å². The largest absolute Gasteiger partial charge is 0.482 e. The molecule has 0 aliphatic heterocycles. The van der Waals surface area contributed by atoms with Crippen molar-refractivity contribution in [1.29, 1.82) is 0 Å². The van der Waals surface area contributed by atoms with Crippen molar-refractivity contribution in [2.45, 2.75) is 6.92 Å². The van der Waals surface area contributed by atoms with Crippen molar-refractivity contribution in [3.63, 3.8) is 0 Å². The van der Waals surface area contributed by atoms with Crippen LogP contribution in [-0.4, -0.2) is 23.6 Å². The van der Waals surface area contributed by atoms with E-state index in [2.05, 4.69) is 5.73 Å². The summed E-state index contributed by atoms with van der Waals surface area (Å²) in [6, 6.07) is 0. The molecule has 0 saturated carbocycles. The van der Waals surface area contributed by atoms with Gasteiger partial charge in [-0.05, 0) is 0 Å². The Morgan fingerprint density at radius 2 is 1.71 bits per heavy atom. The lowest BCUT2D eigenvalue weighted by atomic mass is 10.5. The third-order valence-electron chi connectivity index (χ3n) is 0. The van der Waals surface area contributed by atoms with E-state index in [0.29, 0.717) is 0 Å². The number of rotatable bonds is 0. The first-order chi connectivity index (χ1) is 3.15. The zero-order valence-corrected chi connectivity index (χ0v) is 3.96. The maximum absolute atomic E-state index is 9.22. The average molecular weight is 104 g/mol. The van der Waals surface area contributed by atoms with Gasteiger partial charge in [0.25, 0.3) is 0 Å². The van der Waals surface area contributed by atoms with Crippen LogP contribution in [0.25, 0.3) is 0 Å². The second-order valence-electron chi connectivity index (χ2n) is 0.726. The van der Waals surface area contributed by atoms with Gasteiger partial charge in [-0.15, -0.1) is 0 Å². The van der Waals surface area contributed by atoms with E-state index in [1.807, 2.05) is 0 Å². The molecule has 0 aromatic heterocycles. The van der Waals surface area contributed by atoms with E-state index in [1.54, 1.807) is 0 Å². The lowest BCUT2D eigenvalue weighted by Crippen LogP contribution is -2.01. The predicted molar refractivity (Wildman–Crippen MR) is 25.1 cm³/mol. The van der Waals surface area contributed by atoms with Crippen molar-refractivity contribution >= 4 is 13.6 Å². The Morgan fingerprint density at radius 1 is 1.71 bits per heavy atom. The summed E-state index contributed by atoms with van der Waals surface area (Å²) >= 11 is 0. The lowest BCUT2D eigenvalue weighted by Gasteiger charge is -1.60. The molecule has 0 spiro atoms. The Kier molecular flexibility index (Phi) is 12.5. The first-order valence-electron chi connectivity index (χ1n) is 1.51. The Hall–Kier alpha value is -0.545. The summed E-state index contributed by atoms with van der Waals surface area (Å²) in [5.74, 6) is -0.333. The second-order valence-corrected chi connectivity index (χ2v) is 0.726. The Balaban J connectivity index is 0. The third-order valence-corrected chi connectivity index (χ3v) is 0. The molecule has 0 heterocycles. The van der Waals surface area contributed by atoms with E-state index < -0.39 is 0 Å². The van der Waals surface area contributed by atoms with Gasteiger partial charge >= 0.3 is 7.69 Å². The van der Waals surface area contributed by atoms with Gasteiger partial charge < -0.3 is 15.8 Å². The van der Waals surface area contributed by atoms with Crippen molar-refractivity contribution in [1.82, 2.24) is 0 Å². The maximum Gasteiger partial charge on any atom is 0.482 e. The van der Waals surface area contributed by atoms with Crippen LogP contribution in [0.4, 0.5) is 0 Å². The highest BCUT2D eigenvalue weighted by molar-refractivity contribution is 6.13. The lowest BCUT2D eigenvalue weighted by molar-refractivity contribution is -0.115. The van der Waals surface area contributed by atoms with Crippen LogP contribution in [0.5, 0.6) is 0 Å². The molecule has 0 aliphatic carbocycles. The predicted octanol–water partition coefficient (Wildman–Crippen LogP) is -2.00. The number of hydrogen-bond donors (Lipinski definition) is 3. The molecule has 0 unspecified atom stereocenters. The number of nitrogens with two attached hydrogens (primary N) is 1. The van der Waals surface area contributed by atoms with Crippen molar-refractivity contribution in [2.24, 2.45) is 5.73 Å². The molecule has 0 atom stereocenters. The molecule has 0 rings (SSSR count). The normalized spacial score (nSPS) is 5.57. The Bertz CT molecular complexity index is 44.2. The Labute approximate surface area is 42.3 Å². The fourth-order valence-electron chi connectivity index (χ4n) is 0. The van der Waals surface area contributed by atoms with Gasteiger partial charge in [0.15, 0.2) is 0 Å². The summed E-state index contributed by atoms with van der Waals surface area (Å²) in [6.45, 7) is 1.31. The third kappa shape index (κ3) is 219. The number of hydrogen-bond acceptors (Lipinski definition) is 3. The minimum Gasteiger partial charge on any atom is -0.429 e. The minimum absolute atomic E-state index is 0. The number of primary amides is 1. The van der Waals surface area contributed by atoms with E-state index in [0.717, 1.165) is 0 Å². The molecule has 0 aromatic carbocycles. The van der Waals surface area contributed by atoms with Crippen LogP contribution in [-0.2, 0) is 4.79 Å². The zero-order valence-electron chi connectivity index (χ0n) is 3.96. The highest BCUT2D eigenvalue weighted by Gasteiger charge is 1.61. The van der Waals surface area contributed by atoms with Gasteiger partial charge in [-0.25, -0.2) is 0 Å². The van der Waals surface area contributed by atoms with Crippen LogP contribution >= 0.6 is 0 Å². The molecule has 0 fully saturated rings. The van der Waals surface area contributed by atoms with E-state index in [-0.39, 0.29) is 13.6 Å². The van der Waals surface area contributed by atoms with Crippen LogP contribution < -0.4 is 5.73 Å². The minimum atomic E-state index is -0.333. The van der Waals surface area contributed by atoms with Crippen molar-refractivity contribution in [3.8, 4) is 0 Å². The molecule has 0 aromatic rings. The molecular weight excluding hydrogens is 96.8 g/mol. The fourth-order valence-corrected chi connectivity index (χ4v) is 0. The molecule has 4 nitrogen and oxygen atoms in total. The van der Waals surface area contributed by atoms with Gasteiger partial charge in [-0.2, -0.15) is 0 Å². The van der Waals surface area contributed by atoms with Crippen molar-refractivity contribution in [2.75, 3.05) is 0 Å². The summed E-state index contributed by atoms with van der Waals surface area (Å²) in [4.78, 5) is 9.22. The van der Waals surface area contributed by atoms with Gasteiger partial charge in [-0.1, -0.05) is 0 Å². The smallest absolute Gasteiger partial charge is 0.429 e. The van der Waals surface area contributed by atoms with E-state index >= 15 is 0 Å². The van der Waals surface area contributed by atoms with Crippen molar-refractivity contribution in [3.05, 3.63) is 0 Å². The molecule has 0 bridgehead atoms. The molecule has 1 radical (unpaired) electrons. The SMILES string of the molecule is CC(N)=O.O[B]O. The van der Waals surface area contributed by atoms with Gasteiger partial charge in [0, 0.05) is 6.92 Å². The zero-order chi connectivity index (χ0) is 6.28. The molecule has 0 aliphatic rings. The van der Waals surface area contributed by atoms with Crippen LogP contribution in [0.1, 0.15) is 6.92 Å². The molecule has 7 heavy (non-hydrogen) atoms. The van der Waals surface area contributed by atoms with Crippen LogP contribution in [0.15, 0.2) is 0 Å². The molecule has 4 N–H and O–H groups in total. The van der Waals surface area contributed by atoms with Gasteiger partial charge in [0.1, 0.15) is 0 Å². The molecule has 1 amide bonds.